The zero-order chi connectivity index (χ0) is 13.4. The monoisotopic (exact) mass is 272 g/mol. The summed E-state index contributed by atoms with van der Waals surface area (Å²) in [7, 11) is 0. The molecule has 0 bridgehead atoms. The molecule has 0 radical (unpaired) electrons. The van der Waals surface area contributed by atoms with E-state index >= 15 is 0 Å². The quantitative estimate of drug-likeness (QED) is 0.606. The maximum absolute atomic E-state index is 11.9. The van der Waals surface area contributed by atoms with E-state index in [9.17, 15) is 4.79 Å². The van der Waals surface area contributed by atoms with E-state index in [4.69, 9.17) is 4.74 Å². The van der Waals surface area contributed by atoms with Crippen molar-refractivity contribution in [3.05, 3.63) is 41.3 Å². The fraction of sp³-hybridized carbons (Fsp3) is 0.312. The van der Waals surface area contributed by atoms with Crippen LogP contribution < -0.4 is 4.74 Å². The minimum absolute atomic E-state index is 0.0221. The van der Waals surface area contributed by atoms with Crippen LogP contribution in [0.15, 0.2) is 35.7 Å². The lowest BCUT2D eigenvalue weighted by molar-refractivity contribution is -0.141. The first-order chi connectivity index (χ1) is 9.15. The second kappa shape index (κ2) is 4.82. The molecular weight excluding hydrogens is 256 g/mol. The Morgan fingerprint density at radius 2 is 2.16 bits per heavy atom. The molecule has 0 saturated carbocycles. The van der Waals surface area contributed by atoms with Gasteiger partial charge in [-0.05, 0) is 53.1 Å². The Labute approximate surface area is 117 Å². The molecule has 19 heavy (non-hydrogen) atoms. The number of ether oxygens (including phenoxy) is 1. The van der Waals surface area contributed by atoms with E-state index in [1.54, 1.807) is 11.3 Å². The first kappa shape index (κ1) is 12.4. The second-order valence-electron chi connectivity index (χ2n) is 5.28. The highest BCUT2D eigenvalue weighted by Crippen LogP contribution is 2.35. The highest BCUT2D eigenvalue weighted by atomic mass is 32.1. The molecule has 0 aliphatic carbocycles. The topological polar surface area (TPSA) is 26.3 Å². The van der Waals surface area contributed by atoms with Gasteiger partial charge in [0.05, 0.1) is 5.92 Å². The number of rotatable bonds is 2. The summed E-state index contributed by atoms with van der Waals surface area (Å²) < 4.78 is 5.44. The molecule has 2 aromatic rings. The average Bonchev–Trinajstić information content (AvgIpc) is 2.91. The predicted octanol–water partition coefficient (Wildman–Crippen LogP) is 4.15. The van der Waals surface area contributed by atoms with Gasteiger partial charge in [0, 0.05) is 4.88 Å². The molecular formula is C16H16O2S. The Kier molecular flexibility index (Phi) is 3.15. The van der Waals surface area contributed by atoms with Gasteiger partial charge in [-0.15, -0.1) is 11.3 Å². The highest BCUT2D eigenvalue weighted by molar-refractivity contribution is 7.13. The third-order valence-corrected chi connectivity index (χ3v) is 4.54. The van der Waals surface area contributed by atoms with E-state index in [1.807, 2.05) is 12.1 Å². The number of thiophene rings is 1. The van der Waals surface area contributed by atoms with E-state index < -0.39 is 0 Å². The fourth-order valence-corrected chi connectivity index (χ4v) is 3.17. The normalized spacial score (nSPS) is 18.3. The smallest absolute Gasteiger partial charge is 0.314 e. The predicted molar refractivity (Wildman–Crippen MR) is 77.4 cm³/mol. The Hall–Kier alpha value is -1.61. The van der Waals surface area contributed by atoms with Crippen molar-refractivity contribution >= 4 is 17.3 Å². The lowest BCUT2D eigenvalue weighted by Crippen LogP contribution is -2.31. The number of carbonyl (C=O) groups excluding carboxylic acids is 1. The van der Waals surface area contributed by atoms with Crippen LogP contribution in [0.1, 0.15) is 19.4 Å². The molecule has 0 N–H and O–H groups in total. The van der Waals surface area contributed by atoms with Gasteiger partial charge in [0.25, 0.3) is 0 Å². The van der Waals surface area contributed by atoms with Crippen LogP contribution in [0.5, 0.6) is 5.75 Å². The molecule has 1 aliphatic heterocycles. The summed E-state index contributed by atoms with van der Waals surface area (Å²) in [4.78, 5) is 13.1. The van der Waals surface area contributed by atoms with E-state index in [-0.39, 0.29) is 11.9 Å². The number of hydrogen-bond donors (Lipinski definition) is 0. The first-order valence-corrected chi connectivity index (χ1v) is 7.41. The van der Waals surface area contributed by atoms with Gasteiger partial charge >= 0.3 is 5.97 Å². The van der Waals surface area contributed by atoms with Gasteiger partial charge in [0.2, 0.25) is 0 Å². The SMILES string of the molecule is CC(C)[C@@H]1Cc2cc(-c3cccs3)ccc2OC1=O. The molecule has 1 aliphatic rings. The fourth-order valence-electron chi connectivity index (χ4n) is 2.45. The molecule has 0 amide bonds. The van der Waals surface area contributed by atoms with E-state index in [2.05, 4.69) is 37.4 Å². The Balaban J connectivity index is 1.97. The molecule has 1 aromatic carbocycles. The zero-order valence-electron chi connectivity index (χ0n) is 11.1. The molecule has 0 saturated heterocycles. The van der Waals surface area contributed by atoms with Gasteiger partial charge in [-0.2, -0.15) is 0 Å². The van der Waals surface area contributed by atoms with Crippen molar-refractivity contribution in [3.8, 4) is 16.2 Å². The van der Waals surface area contributed by atoms with Crippen LogP contribution in [-0.4, -0.2) is 5.97 Å². The lowest BCUT2D eigenvalue weighted by Gasteiger charge is -2.26. The Morgan fingerprint density at radius 1 is 1.32 bits per heavy atom. The van der Waals surface area contributed by atoms with Crippen LogP contribution in [0.25, 0.3) is 10.4 Å². The van der Waals surface area contributed by atoms with Crippen molar-refractivity contribution in [2.24, 2.45) is 11.8 Å². The number of esters is 1. The van der Waals surface area contributed by atoms with Crippen molar-refractivity contribution in [1.29, 1.82) is 0 Å². The van der Waals surface area contributed by atoms with Gasteiger partial charge < -0.3 is 4.74 Å². The maximum Gasteiger partial charge on any atom is 0.314 e. The van der Waals surface area contributed by atoms with Gasteiger partial charge in [-0.25, -0.2) is 0 Å². The van der Waals surface area contributed by atoms with Gasteiger partial charge in [0.1, 0.15) is 5.75 Å². The van der Waals surface area contributed by atoms with Gasteiger partial charge in [-0.3, -0.25) is 4.79 Å². The van der Waals surface area contributed by atoms with Crippen molar-refractivity contribution in [1.82, 2.24) is 0 Å². The molecule has 0 spiro atoms. The van der Waals surface area contributed by atoms with Crippen LogP contribution in [0.3, 0.4) is 0 Å². The summed E-state index contributed by atoms with van der Waals surface area (Å²) in [6, 6.07) is 10.3. The van der Waals surface area contributed by atoms with Crippen LogP contribution in [-0.2, 0) is 11.2 Å². The minimum Gasteiger partial charge on any atom is -0.426 e. The van der Waals surface area contributed by atoms with Crippen LogP contribution in [0.2, 0.25) is 0 Å². The van der Waals surface area contributed by atoms with Crippen molar-refractivity contribution in [2.75, 3.05) is 0 Å². The summed E-state index contributed by atoms with van der Waals surface area (Å²) in [5, 5.41) is 2.08. The number of carbonyl (C=O) groups is 1. The van der Waals surface area contributed by atoms with E-state index in [1.165, 1.54) is 10.4 Å². The van der Waals surface area contributed by atoms with Crippen LogP contribution in [0, 0.1) is 11.8 Å². The second-order valence-corrected chi connectivity index (χ2v) is 6.22. The molecule has 1 atom stereocenters. The number of hydrogen-bond acceptors (Lipinski definition) is 3. The Morgan fingerprint density at radius 3 is 2.84 bits per heavy atom. The molecule has 98 valence electrons. The molecule has 0 unspecified atom stereocenters. The van der Waals surface area contributed by atoms with Crippen LogP contribution >= 0.6 is 11.3 Å². The highest BCUT2D eigenvalue weighted by Gasteiger charge is 2.30. The molecule has 0 fully saturated rings. The van der Waals surface area contributed by atoms with Crippen molar-refractivity contribution in [2.45, 2.75) is 20.3 Å². The maximum atomic E-state index is 11.9. The van der Waals surface area contributed by atoms with Gasteiger partial charge in [0.15, 0.2) is 0 Å². The Bertz CT molecular complexity index is 599. The first-order valence-electron chi connectivity index (χ1n) is 6.53. The zero-order valence-corrected chi connectivity index (χ0v) is 11.9. The molecule has 2 heterocycles. The van der Waals surface area contributed by atoms with Crippen molar-refractivity contribution < 1.29 is 9.53 Å². The standard InChI is InChI=1S/C16H16O2S/c1-10(2)13-9-12-8-11(15-4-3-7-19-15)5-6-14(12)18-16(13)17/h3-8,10,13H,9H2,1-2H3/t13-/m0/s1. The van der Waals surface area contributed by atoms with Gasteiger partial charge in [-0.1, -0.05) is 19.9 Å². The van der Waals surface area contributed by atoms with Crippen molar-refractivity contribution in [3.63, 3.8) is 0 Å². The van der Waals surface area contributed by atoms with E-state index in [0.717, 1.165) is 17.7 Å². The lowest BCUT2D eigenvalue weighted by atomic mass is 9.86. The average molecular weight is 272 g/mol. The third-order valence-electron chi connectivity index (χ3n) is 3.62. The number of fused-ring (bicyclic) bond motifs is 1. The largest absolute Gasteiger partial charge is 0.426 e. The molecule has 3 heteroatoms. The van der Waals surface area contributed by atoms with Crippen LogP contribution in [0.4, 0.5) is 0 Å². The minimum atomic E-state index is -0.0913. The summed E-state index contributed by atoms with van der Waals surface area (Å²) in [6.45, 7) is 4.14. The molecule has 1 aromatic heterocycles. The van der Waals surface area contributed by atoms with E-state index in [0.29, 0.717) is 5.92 Å². The summed E-state index contributed by atoms with van der Waals surface area (Å²) >= 11 is 1.73. The number of benzene rings is 1. The summed E-state index contributed by atoms with van der Waals surface area (Å²) in [5.41, 5.74) is 2.35. The summed E-state index contributed by atoms with van der Waals surface area (Å²) in [5.74, 6) is 0.922. The molecule has 2 nitrogen and oxygen atoms in total. The summed E-state index contributed by atoms with van der Waals surface area (Å²) in [6.07, 6.45) is 0.783. The molecule has 3 rings (SSSR count). The third kappa shape index (κ3) is 2.30.